The van der Waals surface area contributed by atoms with Gasteiger partial charge >= 0.3 is 6.36 Å². The minimum absolute atomic E-state index is 0.00883. The zero-order valence-corrected chi connectivity index (χ0v) is 14.2. The van der Waals surface area contributed by atoms with Crippen LogP contribution in [0.4, 0.5) is 13.2 Å². The van der Waals surface area contributed by atoms with Gasteiger partial charge in [-0.3, -0.25) is 4.79 Å². The highest BCUT2D eigenvalue weighted by Crippen LogP contribution is 2.22. The molecule has 0 bridgehead atoms. The number of alkyl halides is 3. The van der Waals surface area contributed by atoms with Crippen LogP contribution in [0.5, 0.6) is 5.75 Å². The summed E-state index contributed by atoms with van der Waals surface area (Å²) in [4.78, 5) is 16.2. The average Bonchev–Trinajstić information content (AvgIpc) is 3.22. The number of amides is 1. The Kier molecular flexibility index (Phi) is 5.15. The maximum atomic E-state index is 12.1. The molecule has 7 nitrogen and oxygen atoms in total. The van der Waals surface area contributed by atoms with E-state index in [0.717, 1.165) is 17.8 Å². The molecular weight excluding hydrogens is 365 g/mol. The van der Waals surface area contributed by atoms with Crippen LogP contribution < -0.4 is 10.1 Å². The first-order valence-electron chi connectivity index (χ1n) is 7.86. The van der Waals surface area contributed by atoms with E-state index in [9.17, 15) is 18.0 Å². The third-order valence-corrected chi connectivity index (χ3v) is 3.60. The molecule has 0 saturated heterocycles. The molecule has 27 heavy (non-hydrogen) atoms. The van der Waals surface area contributed by atoms with Crippen LogP contribution in [0.2, 0.25) is 0 Å². The maximum absolute atomic E-state index is 12.1. The molecule has 3 rings (SSSR count). The summed E-state index contributed by atoms with van der Waals surface area (Å²) in [6, 6.07) is 8.76. The minimum atomic E-state index is -4.75. The third-order valence-electron chi connectivity index (χ3n) is 3.60. The molecule has 0 spiro atoms. The minimum Gasteiger partial charge on any atom is -0.406 e. The number of hydrogen-bond acceptors (Lipinski definition) is 5. The third kappa shape index (κ3) is 5.09. The van der Waals surface area contributed by atoms with Crippen LogP contribution in [0.3, 0.4) is 0 Å². The van der Waals surface area contributed by atoms with Gasteiger partial charge in [0.1, 0.15) is 5.75 Å². The second kappa shape index (κ2) is 7.52. The summed E-state index contributed by atoms with van der Waals surface area (Å²) in [6.45, 7) is 0.0471. The molecular formula is C17H15F3N4O3. The molecule has 10 heteroatoms. The van der Waals surface area contributed by atoms with E-state index in [1.54, 1.807) is 0 Å². The normalized spacial score (nSPS) is 11.4. The largest absolute Gasteiger partial charge is 0.573 e. The molecule has 0 unspecified atom stereocenters. The second-order valence-corrected chi connectivity index (χ2v) is 5.66. The van der Waals surface area contributed by atoms with Crippen molar-refractivity contribution >= 4 is 5.91 Å². The predicted octanol–water partition coefficient (Wildman–Crippen LogP) is 2.83. The molecule has 0 atom stereocenters. The topological polar surface area (TPSA) is 82.2 Å². The van der Waals surface area contributed by atoms with E-state index in [1.165, 1.54) is 12.1 Å². The molecule has 0 fully saturated rings. The first kappa shape index (κ1) is 18.5. The Hall–Kier alpha value is -3.30. The molecule has 2 aromatic heterocycles. The van der Waals surface area contributed by atoms with E-state index < -0.39 is 6.36 Å². The Balaban J connectivity index is 1.51. The number of rotatable bonds is 6. The molecule has 2 heterocycles. The lowest BCUT2D eigenvalue weighted by molar-refractivity contribution is -0.274. The number of carbonyl (C=O) groups excluding carboxylic acids is 1. The molecule has 3 aromatic rings. The molecule has 1 aromatic carbocycles. The fourth-order valence-corrected chi connectivity index (χ4v) is 2.36. The second-order valence-electron chi connectivity index (χ2n) is 5.66. The van der Waals surface area contributed by atoms with Crippen LogP contribution in [-0.4, -0.2) is 27.0 Å². The molecule has 0 aliphatic carbocycles. The van der Waals surface area contributed by atoms with Gasteiger partial charge in [-0.25, -0.2) is 0 Å². The standard InChI is InChI=1S/C17H15F3N4O3/c1-24-8-2-3-13(24)16-22-15(27-23-16)10-21-14(25)9-11-4-6-12(7-5-11)26-17(18,19)20/h2-8H,9-10H2,1H3,(H,21,25). The van der Waals surface area contributed by atoms with Crippen molar-refractivity contribution in [2.24, 2.45) is 7.05 Å². The Morgan fingerprint density at radius 3 is 2.63 bits per heavy atom. The molecule has 0 saturated carbocycles. The van der Waals surface area contributed by atoms with Gasteiger partial charge in [-0.05, 0) is 29.8 Å². The Bertz CT molecular complexity index is 916. The highest BCUT2D eigenvalue weighted by molar-refractivity contribution is 5.78. The quantitative estimate of drug-likeness (QED) is 0.711. The number of benzene rings is 1. The van der Waals surface area contributed by atoms with Crippen molar-refractivity contribution in [2.45, 2.75) is 19.3 Å². The van der Waals surface area contributed by atoms with Crippen molar-refractivity contribution in [1.82, 2.24) is 20.0 Å². The van der Waals surface area contributed by atoms with Gasteiger partial charge in [0.2, 0.25) is 17.6 Å². The lowest BCUT2D eigenvalue weighted by Gasteiger charge is -2.09. The predicted molar refractivity (Wildman–Crippen MR) is 87.4 cm³/mol. The van der Waals surface area contributed by atoms with Crippen LogP contribution >= 0.6 is 0 Å². The van der Waals surface area contributed by atoms with E-state index >= 15 is 0 Å². The van der Waals surface area contributed by atoms with Gasteiger partial charge in [-0.1, -0.05) is 17.3 Å². The van der Waals surface area contributed by atoms with E-state index in [1.807, 2.05) is 29.9 Å². The first-order chi connectivity index (χ1) is 12.8. The summed E-state index contributed by atoms with van der Waals surface area (Å²) in [6.07, 6.45) is -2.91. The molecule has 1 N–H and O–H groups in total. The smallest absolute Gasteiger partial charge is 0.406 e. The van der Waals surface area contributed by atoms with Crippen molar-refractivity contribution in [2.75, 3.05) is 0 Å². The lowest BCUT2D eigenvalue weighted by Crippen LogP contribution is -2.24. The van der Waals surface area contributed by atoms with Crippen LogP contribution in [0.1, 0.15) is 11.5 Å². The van der Waals surface area contributed by atoms with Gasteiger partial charge in [-0.15, -0.1) is 13.2 Å². The zero-order chi connectivity index (χ0) is 19.4. The highest BCUT2D eigenvalue weighted by atomic mass is 19.4. The van der Waals surface area contributed by atoms with E-state index in [0.29, 0.717) is 11.4 Å². The summed E-state index contributed by atoms with van der Waals surface area (Å²) < 4.78 is 47.1. The number of halogens is 3. The van der Waals surface area contributed by atoms with Crippen LogP contribution in [0.25, 0.3) is 11.5 Å². The number of aryl methyl sites for hydroxylation is 1. The van der Waals surface area contributed by atoms with E-state index in [2.05, 4.69) is 20.2 Å². The van der Waals surface area contributed by atoms with Crippen molar-refractivity contribution in [1.29, 1.82) is 0 Å². The highest BCUT2D eigenvalue weighted by Gasteiger charge is 2.30. The number of aromatic nitrogens is 3. The molecule has 0 radical (unpaired) electrons. The van der Waals surface area contributed by atoms with Gasteiger partial charge in [0.25, 0.3) is 0 Å². The van der Waals surface area contributed by atoms with Crippen molar-refractivity contribution < 1.29 is 27.2 Å². The number of nitrogens with zero attached hydrogens (tertiary/aromatic N) is 3. The number of ether oxygens (including phenoxy) is 1. The fraction of sp³-hybridized carbons (Fsp3) is 0.235. The average molecular weight is 380 g/mol. The Morgan fingerprint density at radius 2 is 2.00 bits per heavy atom. The molecule has 0 aliphatic heterocycles. The zero-order valence-electron chi connectivity index (χ0n) is 14.2. The van der Waals surface area contributed by atoms with Crippen molar-refractivity contribution in [3.63, 3.8) is 0 Å². The number of nitrogens with one attached hydrogen (secondary N) is 1. The van der Waals surface area contributed by atoms with Gasteiger partial charge in [0.15, 0.2) is 0 Å². The lowest BCUT2D eigenvalue weighted by atomic mass is 10.1. The summed E-state index contributed by atoms with van der Waals surface area (Å²) >= 11 is 0. The van der Waals surface area contributed by atoms with Gasteiger partial charge in [0.05, 0.1) is 18.7 Å². The molecule has 1 amide bonds. The molecule has 142 valence electrons. The van der Waals surface area contributed by atoms with Crippen LogP contribution in [-0.2, 0) is 24.8 Å². The fourth-order valence-electron chi connectivity index (χ4n) is 2.36. The summed E-state index contributed by atoms with van der Waals surface area (Å²) in [5, 5.41) is 6.48. The monoisotopic (exact) mass is 380 g/mol. The van der Waals surface area contributed by atoms with Crippen molar-refractivity contribution in [3.05, 3.63) is 54.0 Å². The number of hydrogen-bond donors (Lipinski definition) is 1. The maximum Gasteiger partial charge on any atom is 0.573 e. The number of carbonyl (C=O) groups is 1. The van der Waals surface area contributed by atoms with Crippen LogP contribution in [0.15, 0.2) is 47.1 Å². The molecule has 0 aliphatic rings. The van der Waals surface area contributed by atoms with Gasteiger partial charge in [0, 0.05) is 13.2 Å². The summed E-state index contributed by atoms with van der Waals surface area (Å²) in [5.74, 6) is -0.0238. The Labute approximate surface area is 151 Å². The van der Waals surface area contributed by atoms with Crippen molar-refractivity contribution in [3.8, 4) is 17.3 Å². The summed E-state index contributed by atoms with van der Waals surface area (Å²) in [5.41, 5.74) is 1.31. The summed E-state index contributed by atoms with van der Waals surface area (Å²) in [7, 11) is 1.85. The SMILES string of the molecule is Cn1cccc1-c1noc(CNC(=O)Cc2ccc(OC(F)(F)F)cc2)n1. The van der Waals surface area contributed by atoms with Crippen LogP contribution in [0, 0.1) is 0 Å². The van der Waals surface area contributed by atoms with E-state index in [4.69, 9.17) is 4.52 Å². The van der Waals surface area contributed by atoms with Gasteiger partial charge < -0.3 is 19.1 Å². The van der Waals surface area contributed by atoms with E-state index in [-0.39, 0.29) is 30.5 Å². The van der Waals surface area contributed by atoms with Gasteiger partial charge in [-0.2, -0.15) is 4.98 Å². The first-order valence-corrected chi connectivity index (χ1v) is 7.86. The Morgan fingerprint density at radius 1 is 1.26 bits per heavy atom.